The zero-order chi connectivity index (χ0) is 17.7. The van der Waals surface area contributed by atoms with Crippen LogP contribution in [0.5, 0.6) is 0 Å². The van der Waals surface area contributed by atoms with Crippen LogP contribution in [0.3, 0.4) is 0 Å². The van der Waals surface area contributed by atoms with Crippen LogP contribution < -0.4 is 16.0 Å². The van der Waals surface area contributed by atoms with E-state index in [0.29, 0.717) is 11.9 Å². The van der Waals surface area contributed by atoms with Gasteiger partial charge in [0.1, 0.15) is 11.9 Å². The van der Waals surface area contributed by atoms with E-state index in [1.54, 1.807) is 0 Å². The summed E-state index contributed by atoms with van der Waals surface area (Å²) in [5, 5.41) is 10.9. The average molecular weight is 353 g/mol. The summed E-state index contributed by atoms with van der Waals surface area (Å²) in [5.74, 6) is 2.53. The Balaban J connectivity index is 1.48. The summed E-state index contributed by atoms with van der Waals surface area (Å²) in [6.45, 7) is 0.764. The fourth-order valence-corrected chi connectivity index (χ4v) is 4.08. The van der Waals surface area contributed by atoms with Crippen LogP contribution in [0.15, 0.2) is 6.07 Å². The Morgan fingerprint density at radius 3 is 2.92 bits per heavy atom. The van der Waals surface area contributed by atoms with Crippen LogP contribution in [-0.4, -0.2) is 38.7 Å². The van der Waals surface area contributed by atoms with E-state index in [4.69, 9.17) is 15.7 Å². The molecule has 2 aromatic rings. The monoisotopic (exact) mass is 353 g/mol. The minimum atomic E-state index is -0.311. The van der Waals surface area contributed by atoms with Crippen LogP contribution in [-0.2, 0) is 17.6 Å². The van der Waals surface area contributed by atoms with E-state index < -0.39 is 0 Å². The van der Waals surface area contributed by atoms with E-state index in [0.717, 1.165) is 56.0 Å². The van der Waals surface area contributed by atoms with Crippen molar-refractivity contribution in [1.29, 1.82) is 0 Å². The second kappa shape index (κ2) is 5.96. The first kappa shape index (κ1) is 15.6. The van der Waals surface area contributed by atoms with Crippen molar-refractivity contribution in [3.63, 3.8) is 0 Å². The first-order valence-electron chi connectivity index (χ1n) is 9.47. The maximum absolute atomic E-state index is 11.8. The molecule has 3 heterocycles. The van der Waals surface area contributed by atoms with Crippen molar-refractivity contribution < 1.29 is 4.79 Å². The highest BCUT2D eigenvalue weighted by Gasteiger charge is 2.33. The topological polar surface area (TPSA) is 113 Å². The Morgan fingerprint density at radius 1 is 1.23 bits per heavy atom. The largest absolute Gasteiger partial charge is 0.368 e. The number of hydrogen-bond donors (Lipinski definition) is 3. The lowest BCUT2D eigenvalue weighted by Crippen LogP contribution is -2.41. The van der Waals surface area contributed by atoms with Gasteiger partial charge in [-0.3, -0.25) is 9.89 Å². The molecule has 0 spiro atoms. The quantitative estimate of drug-likeness (QED) is 0.755. The van der Waals surface area contributed by atoms with Crippen molar-refractivity contribution in [3.05, 3.63) is 23.0 Å². The molecule has 136 valence electrons. The smallest absolute Gasteiger partial charge is 0.240 e. The lowest BCUT2D eigenvalue weighted by molar-refractivity contribution is -0.119. The number of amides is 1. The standard InChI is InChI=1S/C18H23N7O/c19-16(26)14-5-2-8-25(14)18-20-12-4-1-3-11(12)17(22-18)21-15-9-13(23-24-15)10-6-7-10/h9-10,14H,1-8H2,(H2,19,26)(H2,20,21,22,23,24). The molecular weight excluding hydrogens is 330 g/mol. The van der Waals surface area contributed by atoms with E-state index in [9.17, 15) is 4.79 Å². The van der Waals surface area contributed by atoms with Gasteiger partial charge in [-0.1, -0.05) is 0 Å². The van der Waals surface area contributed by atoms with E-state index in [1.807, 2.05) is 4.90 Å². The van der Waals surface area contributed by atoms with Crippen LogP contribution in [0.4, 0.5) is 17.6 Å². The molecule has 0 radical (unpaired) electrons. The second-order valence-corrected chi connectivity index (χ2v) is 7.51. The lowest BCUT2D eigenvalue weighted by atomic mass is 10.2. The molecule has 2 aromatic heterocycles. The lowest BCUT2D eigenvalue weighted by Gasteiger charge is -2.23. The van der Waals surface area contributed by atoms with Gasteiger partial charge in [0.15, 0.2) is 5.82 Å². The Morgan fingerprint density at radius 2 is 2.12 bits per heavy atom. The van der Waals surface area contributed by atoms with Gasteiger partial charge in [0.2, 0.25) is 11.9 Å². The Kier molecular flexibility index (Phi) is 3.58. The number of hydrogen-bond acceptors (Lipinski definition) is 6. The molecule has 1 saturated heterocycles. The zero-order valence-electron chi connectivity index (χ0n) is 14.7. The van der Waals surface area contributed by atoms with Crippen LogP contribution in [0.2, 0.25) is 0 Å². The molecule has 3 aliphatic rings. The number of fused-ring (bicyclic) bond motifs is 1. The van der Waals surface area contributed by atoms with Gasteiger partial charge < -0.3 is 16.0 Å². The van der Waals surface area contributed by atoms with Gasteiger partial charge in [-0.25, -0.2) is 4.98 Å². The van der Waals surface area contributed by atoms with Crippen molar-refractivity contribution in [2.24, 2.45) is 5.73 Å². The molecule has 8 heteroatoms. The third kappa shape index (κ3) is 2.69. The number of carbonyl (C=O) groups excluding carboxylic acids is 1. The molecule has 1 unspecified atom stereocenters. The normalized spacial score (nSPS) is 21.8. The number of H-pyrrole nitrogens is 1. The van der Waals surface area contributed by atoms with E-state index in [1.165, 1.54) is 24.1 Å². The van der Waals surface area contributed by atoms with E-state index in [2.05, 4.69) is 21.6 Å². The molecule has 2 aliphatic carbocycles. The Bertz CT molecular complexity index is 857. The molecule has 0 bridgehead atoms. The average Bonchev–Trinajstić information content (AvgIpc) is 3.06. The highest BCUT2D eigenvalue weighted by Crippen LogP contribution is 2.40. The summed E-state index contributed by atoms with van der Waals surface area (Å²) < 4.78 is 0. The van der Waals surface area contributed by atoms with E-state index >= 15 is 0 Å². The van der Waals surface area contributed by atoms with Crippen molar-refractivity contribution in [3.8, 4) is 0 Å². The van der Waals surface area contributed by atoms with Gasteiger partial charge in [-0.05, 0) is 44.9 Å². The van der Waals surface area contributed by atoms with Gasteiger partial charge in [-0.2, -0.15) is 10.1 Å². The summed E-state index contributed by atoms with van der Waals surface area (Å²) in [7, 11) is 0. The molecule has 2 fully saturated rings. The van der Waals surface area contributed by atoms with Gasteiger partial charge >= 0.3 is 0 Å². The SMILES string of the molecule is NC(=O)C1CCCN1c1nc2c(c(Nc3cc(C4CC4)[nH]n3)n1)CCC2. The number of aromatic nitrogens is 4. The molecule has 1 aliphatic heterocycles. The number of anilines is 3. The summed E-state index contributed by atoms with van der Waals surface area (Å²) in [6.07, 6.45) is 7.16. The van der Waals surface area contributed by atoms with Crippen LogP contribution >= 0.6 is 0 Å². The second-order valence-electron chi connectivity index (χ2n) is 7.51. The number of nitrogens with zero attached hydrogens (tertiary/aromatic N) is 4. The number of nitrogens with two attached hydrogens (primary N) is 1. The van der Waals surface area contributed by atoms with Crippen LogP contribution in [0.1, 0.15) is 55.0 Å². The molecular formula is C18H23N7O. The number of aromatic amines is 1. The summed E-state index contributed by atoms with van der Waals surface area (Å²) in [5.41, 5.74) is 9.00. The molecule has 1 saturated carbocycles. The maximum atomic E-state index is 11.8. The zero-order valence-corrected chi connectivity index (χ0v) is 14.7. The first-order valence-corrected chi connectivity index (χ1v) is 9.47. The number of aryl methyl sites for hydroxylation is 1. The van der Waals surface area contributed by atoms with Gasteiger partial charge in [-0.15, -0.1) is 0 Å². The van der Waals surface area contributed by atoms with Crippen molar-refractivity contribution in [2.45, 2.75) is 56.9 Å². The van der Waals surface area contributed by atoms with Crippen molar-refractivity contribution >= 4 is 23.5 Å². The van der Waals surface area contributed by atoms with Gasteiger partial charge in [0.25, 0.3) is 0 Å². The fourth-order valence-electron chi connectivity index (χ4n) is 4.08. The first-order chi connectivity index (χ1) is 12.7. The molecule has 26 heavy (non-hydrogen) atoms. The number of nitrogens with one attached hydrogen (secondary N) is 2. The number of carbonyl (C=O) groups is 1. The van der Waals surface area contributed by atoms with Gasteiger partial charge in [0.05, 0.1) is 5.69 Å². The maximum Gasteiger partial charge on any atom is 0.240 e. The minimum Gasteiger partial charge on any atom is -0.368 e. The van der Waals surface area contributed by atoms with Gasteiger partial charge in [0, 0.05) is 29.8 Å². The molecule has 0 aromatic carbocycles. The minimum absolute atomic E-state index is 0.303. The van der Waals surface area contributed by atoms with E-state index in [-0.39, 0.29) is 11.9 Å². The Labute approximate surface area is 151 Å². The third-order valence-corrected chi connectivity index (χ3v) is 5.62. The Hall–Kier alpha value is -2.64. The molecule has 1 atom stereocenters. The van der Waals surface area contributed by atoms with Crippen LogP contribution in [0, 0.1) is 0 Å². The van der Waals surface area contributed by atoms with Crippen LogP contribution in [0.25, 0.3) is 0 Å². The molecule has 4 N–H and O–H groups in total. The molecule has 8 nitrogen and oxygen atoms in total. The summed E-state index contributed by atoms with van der Waals surface area (Å²) in [4.78, 5) is 23.2. The predicted octanol–water partition coefficient (Wildman–Crippen LogP) is 1.76. The highest BCUT2D eigenvalue weighted by molar-refractivity contribution is 5.83. The number of rotatable bonds is 5. The molecule has 1 amide bonds. The van der Waals surface area contributed by atoms with Crippen molar-refractivity contribution in [2.75, 3.05) is 16.8 Å². The summed E-state index contributed by atoms with van der Waals surface area (Å²) >= 11 is 0. The third-order valence-electron chi connectivity index (χ3n) is 5.62. The predicted molar refractivity (Wildman–Crippen MR) is 97.5 cm³/mol. The number of primary amides is 1. The van der Waals surface area contributed by atoms with Crippen molar-refractivity contribution in [1.82, 2.24) is 20.2 Å². The fraction of sp³-hybridized carbons (Fsp3) is 0.556. The summed E-state index contributed by atoms with van der Waals surface area (Å²) in [6, 6.07) is 1.76. The highest BCUT2D eigenvalue weighted by atomic mass is 16.1. The molecule has 5 rings (SSSR count).